The number of hydrogen-bond acceptors (Lipinski definition) is 2. The van der Waals surface area contributed by atoms with E-state index in [9.17, 15) is 0 Å². The van der Waals surface area contributed by atoms with Crippen LogP contribution in [0.4, 0.5) is 0 Å². The molecule has 2 heteroatoms. The van der Waals surface area contributed by atoms with E-state index >= 15 is 0 Å². The molecule has 1 nitrogen and oxygen atoms in total. The molecule has 0 spiro atoms. The van der Waals surface area contributed by atoms with Crippen molar-refractivity contribution in [1.29, 1.82) is 0 Å². The number of nitrogens with one attached hydrogen (secondary N) is 1. The molecule has 1 aromatic heterocycles. The Morgan fingerprint density at radius 1 is 1.40 bits per heavy atom. The molecule has 1 aromatic rings. The minimum Gasteiger partial charge on any atom is -0.312 e. The van der Waals surface area contributed by atoms with Gasteiger partial charge in [0, 0.05) is 5.54 Å². The van der Waals surface area contributed by atoms with Crippen LogP contribution in [0.1, 0.15) is 39.7 Å². The zero-order valence-corrected chi connectivity index (χ0v) is 11.2. The average molecular weight is 225 g/mol. The van der Waals surface area contributed by atoms with Gasteiger partial charge in [0.15, 0.2) is 0 Å². The Kier molecular flexibility index (Phi) is 4.81. The number of rotatable bonds is 5. The van der Waals surface area contributed by atoms with Gasteiger partial charge in [0.25, 0.3) is 0 Å². The molecule has 0 radical (unpaired) electrons. The molecule has 0 fully saturated rings. The minimum absolute atomic E-state index is 0.247. The first-order valence-corrected chi connectivity index (χ1v) is 6.68. The maximum Gasteiger partial charge on any atom is 0.00966 e. The summed E-state index contributed by atoms with van der Waals surface area (Å²) < 4.78 is 0. The van der Waals surface area contributed by atoms with Crippen molar-refractivity contribution in [2.75, 3.05) is 6.54 Å². The number of aryl methyl sites for hydroxylation is 1. The molecule has 86 valence electrons. The van der Waals surface area contributed by atoms with E-state index in [0.29, 0.717) is 0 Å². The summed E-state index contributed by atoms with van der Waals surface area (Å²) >= 11 is 1.79. The molecule has 1 atom stereocenters. The van der Waals surface area contributed by atoms with Crippen LogP contribution in [-0.2, 0) is 6.42 Å². The Balaban J connectivity index is 2.16. The van der Waals surface area contributed by atoms with Gasteiger partial charge in [0.05, 0.1) is 0 Å². The molecule has 0 aromatic carbocycles. The number of thiophene rings is 1. The van der Waals surface area contributed by atoms with Crippen molar-refractivity contribution in [3.63, 3.8) is 0 Å². The summed E-state index contributed by atoms with van der Waals surface area (Å²) in [6.45, 7) is 10.1. The lowest BCUT2D eigenvalue weighted by Crippen LogP contribution is -2.38. The third-order valence-corrected chi connectivity index (χ3v) is 3.22. The third-order valence-electron chi connectivity index (χ3n) is 2.49. The van der Waals surface area contributed by atoms with Gasteiger partial charge in [-0.05, 0) is 68.5 Å². The van der Waals surface area contributed by atoms with Gasteiger partial charge in [-0.15, -0.1) is 0 Å². The van der Waals surface area contributed by atoms with Gasteiger partial charge in [-0.3, -0.25) is 0 Å². The number of hydrogen-bond donors (Lipinski definition) is 1. The van der Waals surface area contributed by atoms with Crippen molar-refractivity contribution in [2.24, 2.45) is 5.92 Å². The molecular formula is C13H23NS. The van der Waals surface area contributed by atoms with E-state index in [2.05, 4.69) is 49.8 Å². The highest BCUT2D eigenvalue weighted by molar-refractivity contribution is 7.07. The van der Waals surface area contributed by atoms with Gasteiger partial charge in [0.2, 0.25) is 0 Å². The predicted octanol–water partition coefficient (Wildman–Crippen LogP) is 3.70. The Bertz CT molecular complexity index is 259. The zero-order valence-electron chi connectivity index (χ0n) is 10.3. The van der Waals surface area contributed by atoms with Crippen LogP contribution in [0, 0.1) is 5.92 Å². The summed E-state index contributed by atoms with van der Waals surface area (Å²) in [6, 6.07) is 2.23. The fraction of sp³-hybridized carbons (Fsp3) is 0.692. The summed E-state index contributed by atoms with van der Waals surface area (Å²) in [4.78, 5) is 0. The maximum atomic E-state index is 3.55. The third kappa shape index (κ3) is 5.95. The summed E-state index contributed by atoms with van der Waals surface area (Å²) in [5.41, 5.74) is 1.74. The Hall–Kier alpha value is -0.340. The molecule has 0 amide bonds. The molecule has 0 bridgehead atoms. The van der Waals surface area contributed by atoms with Gasteiger partial charge in [-0.25, -0.2) is 0 Å². The standard InChI is InChI=1S/C13H23NS/c1-11(9-14-13(2,3)4)5-6-12-7-8-15-10-12/h7-8,10-11,14H,5-6,9H2,1-4H3. The lowest BCUT2D eigenvalue weighted by Gasteiger charge is -2.23. The first kappa shape index (κ1) is 12.7. The van der Waals surface area contributed by atoms with E-state index in [-0.39, 0.29) is 5.54 Å². The van der Waals surface area contributed by atoms with Crippen molar-refractivity contribution in [3.05, 3.63) is 22.4 Å². The van der Waals surface area contributed by atoms with E-state index in [0.717, 1.165) is 12.5 Å². The maximum absolute atomic E-state index is 3.55. The molecular weight excluding hydrogens is 202 g/mol. The van der Waals surface area contributed by atoms with E-state index in [1.54, 1.807) is 11.3 Å². The fourth-order valence-electron chi connectivity index (χ4n) is 1.43. The van der Waals surface area contributed by atoms with Crippen molar-refractivity contribution < 1.29 is 0 Å². The van der Waals surface area contributed by atoms with Gasteiger partial charge in [-0.2, -0.15) is 11.3 Å². The van der Waals surface area contributed by atoms with Crippen molar-refractivity contribution in [1.82, 2.24) is 5.32 Å². The van der Waals surface area contributed by atoms with Gasteiger partial charge in [-0.1, -0.05) is 6.92 Å². The summed E-state index contributed by atoms with van der Waals surface area (Å²) in [5.74, 6) is 0.754. The second-order valence-corrected chi connectivity index (χ2v) is 6.19. The highest BCUT2D eigenvalue weighted by Gasteiger charge is 2.10. The Labute approximate surface area is 97.9 Å². The lowest BCUT2D eigenvalue weighted by molar-refractivity contribution is 0.373. The van der Waals surface area contributed by atoms with Crippen LogP contribution in [0.2, 0.25) is 0 Å². The van der Waals surface area contributed by atoms with E-state index in [4.69, 9.17) is 0 Å². The smallest absolute Gasteiger partial charge is 0.00966 e. The predicted molar refractivity (Wildman–Crippen MR) is 69.6 cm³/mol. The molecule has 0 aliphatic heterocycles. The van der Waals surface area contributed by atoms with Gasteiger partial charge >= 0.3 is 0 Å². The van der Waals surface area contributed by atoms with Crippen LogP contribution in [-0.4, -0.2) is 12.1 Å². The van der Waals surface area contributed by atoms with Crippen LogP contribution in [0.15, 0.2) is 16.8 Å². The topological polar surface area (TPSA) is 12.0 Å². The Morgan fingerprint density at radius 3 is 2.67 bits per heavy atom. The van der Waals surface area contributed by atoms with Crippen LogP contribution in [0.5, 0.6) is 0 Å². The zero-order chi connectivity index (χ0) is 11.3. The normalized spacial score (nSPS) is 14.1. The highest BCUT2D eigenvalue weighted by Crippen LogP contribution is 2.12. The van der Waals surface area contributed by atoms with Gasteiger partial charge < -0.3 is 5.32 Å². The van der Waals surface area contributed by atoms with E-state index in [1.807, 2.05) is 0 Å². The molecule has 1 rings (SSSR count). The molecule has 0 aliphatic carbocycles. The average Bonchev–Trinajstić information content (AvgIpc) is 2.62. The minimum atomic E-state index is 0.247. The largest absolute Gasteiger partial charge is 0.312 e. The van der Waals surface area contributed by atoms with Crippen molar-refractivity contribution in [3.8, 4) is 0 Å². The SMILES string of the molecule is CC(CCc1ccsc1)CNC(C)(C)C. The van der Waals surface area contributed by atoms with Crippen LogP contribution < -0.4 is 5.32 Å². The van der Waals surface area contributed by atoms with E-state index in [1.165, 1.54) is 18.4 Å². The summed E-state index contributed by atoms with van der Waals surface area (Å²) in [7, 11) is 0. The first-order valence-electron chi connectivity index (χ1n) is 5.73. The molecule has 0 saturated carbocycles. The van der Waals surface area contributed by atoms with Crippen molar-refractivity contribution >= 4 is 11.3 Å². The molecule has 1 unspecified atom stereocenters. The van der Waals surface area contributed by atoms with E-state index < -0.39 is 0 Å². The van der Waals surface area contributed by atoms with Crippen molar-refractivity contribution in [2.45, 2.75) is 46.1 Å². The second-order valence-electron chi connectivity index (χ2n) is 5.41. The molecule has 0 aliphatic rings. The summed E-state index contributed by atoms with van der Waals surface area (Å²) in [6.07, 6.45) is 2.50. The molecule has 15 heavy (non-hydrogen) atoms. The van der Waals surface area contributed by atoms with Crippen LogP contribution in [0.25, 0.3) is 0 Å². The monoisotopic (exact) mass is 225 g/mol. The fourth-order valence-corrected chi connectivity index (χ4v) is 2.13. The summed E-state index contributed by atoms with van der Waals surface area (Å²) in [5, 5.41) is 7.97. The molecule has 0 saturated heterocycles. The molecule has 1 N–H and O–H groups in total. The highest BCUT2D eigenvalue weighted by atomic mass is 32.1. The quantitative estimate of drug-likeness (QED) is 0.805. The first-order chi connectivity index (χ1) is 6.97. The van der Waals surface area contributed by atoms with Crippen LogP contribution in [0.3, 0.4) is 0 Å². The lowest BCUT2D eigenvalue weighted by atomic mass is 10.0. The van der Waals surface area contributed by atoms with Gasteiger partial charge in [0.1, 0.15) is 0 Å². The molecule has 1 heterocycles. The Morgan fingerprint density at radius 2 is 2.13 bits per heavy atom. The van der Waals surface area contributed by atoms with Crippen LogP contribution >= 0.6 is 11.3 Å². The second kappa shape index (κ2) is 5.66.